The van der Waals surface area contributed by atoms with E-state index < -0.39 is 0 Å². The number of aromatic nitrogens is 1. The van der Waals surface area contributed by atoms with Gasteiger partial charge in [0.2, 0.25) is 0 Å². The van der Waals surface area contributed by atoms with Gasteiger partial charge in [-0.1, -0.05) is 32.0 Å². The van der Waals surface area contributed by atoms with E-state index in [-0.39, 0.29) is 0 Å². The Bertz CT molecular complexity index is 638. The molecule has 0 aliphatic heterocycles. The summed E-state index contributed by atoms with van der Waals surface area (Å²) < 4.78 is 1.27. The number of nitrogens with zero attached hydrogens (tertiary/aromatic N) is 1. The molecule has 0 aliphatic rings. The molecule has 0 aliphatic carbocycles. The lowest BCUT2D eigenvalue weighted by molar-refractivity contribution is 0.416. The minimum atomic E-state index is 0.405. The monoisotopic (exact) mass is 302 g/mol. The molecule has 0 amide bonds. The lowest BCUT2D eigenvalue weighted by Gasteiger charge is -2.20. The highest BCUT2D eigenvalue weighted by Crippen LogP contribution is 2.27. The van der Waals surface area contributed by atoms with Crippen molar-refractivity contribution in [2.75, 3.05) is 0 Å². The van der Waals surface area contributed by atoms with Crippen LogP contribution in [0.15, 0.2) is 41.8 Å². The zero-order chi connectivity index (χ0) is 13.9. The molecule has 0 fully saturated rings. The second-order valence-electron chi connectivity index (χ2n) is 5.19. The van der Waals surface area contributed by atoms with Crippen molar-refractivity contribution in [3.05, 3.63) is 51.7 Å². The van der Waals surface area contributed by atoms with Crippen LogP contribution in [0.25, 0.3) is 10.2 Å². The second-order valence-corrected chi connectivity index (χ2v) is 7.29. The third kappa shape index (κ3) is 2.92. The molecule has 0 saturated carbocycles. The van der Waals surface area contributed by atoms with Crippen molar-refractivity contribution in [1.82, 2.24) is 10.3 Å². The largest absolute Gasteiger partial charge is 0.303 e. The Morgan fingerprint density at radius 2 is 2.00 bits per heavy atom. The molecular formula is C16H18N2S2. The minimum Gasteiger partial charge on any atom is -0.303 e. The van der Waals surface area contributed by atoms with Gasteiger partial charge in [-0.3, -0.25) is 0 Å². The number of para-hydroxylation sites is 1. The fourth-order valence-electron chi connectivity index (χ4n) is 2.33. The Kier molecular flexibility index (Phi) is 4.15. The highest BCUT2D eigenvalue weighted by atomic mass is 32.1. The third-order valence-corrected chi connectivity index (χ3v) is 5.32. The van der Waals surface area contributed by atoms with Gasteiger partial charge in [0.15, 0.2) is 0 Å². The van der Waals surface area contributed by atoms with E-state index >= 15 is 0 Å². The molecule has 4 heteroatoms. The van der Waals surface area contributed by atoms with Gasteiger partial charge in [0.05, 0.1) is 10.2 Å². The van der Waals surface area contributed by atoms with Crippen molar-refractivity contribution in [3.63, 3.8) is 0 Å². The molecule has 2 heterocycles. The summed E-state index contributed by atoms with van der Waals surface area (Å²) in [6.07, 6.45) is 0. The molecule has 1 atom stereocenters. The third-order valence-electron chi connectivity index (χ3n) is 3.33. The number of fused-ring (bicyclic) bond motifs is 1. The van der Waals surface area contributed by atoms with Crippen molar-refractivity contribution >= 4 is 32.9 Å². The highest BCUT2D eigenvalue weighted by molar-refractivity contribution is 7.18. The van der Waals surface area contributed by atoms with E-state index in [9.17, 15) is 0 Å². The van der Waals surface area contributed by atoms with E-state index in [1.807, 2.05) is 17.4 Å². The number of thiazole rings is 1. The minimum absolute atomic E-state index is 0.405. The first-order valence-corrected chi connectivity index (χ1v) is 8.55. The van der Waals surface area contributed by atoms with Crippen molar-refractivity contribution in [2.45, 2.75) is 26.4 Å². The molecule has 0 spiro atoms. The van der Waals surface area contributed by atoms with Crippen molar-refractivity contribution in [3.8, 4) is 0 Å². The topological polar surface area (TPSA) is 24.9 Å². The summed E-state index contributed by atoms with van der Waals surface area (Å²) in [6.45, 7) is 5.35. The van der Waals surface area contributed by atoms with Gasteiger partial charge in [0, 0.05) is 17.5 Å². The van der Waals surface area contributed by atoms with E-state index in [0.29, 0.717) is 12.0 Å². The molecule has 1 aromatic carbocycles. The molecule has 0 radical (unpaired) electrons. The van der Waals surface area contributed by atoms with E-state index in [4.69, 9.17) is 0 Å². The number of rotatable bonds is 5. The van der Waals surface area contributed by atoms with Gasteiger partial charge in [-0.2, -0.15) is 0 Å². The van der Waals surface area contributed by atoms with Gasteiger partial charge >= 0.3 is 0 Å². The zero-order valence-electron chi connectivity index (χ0n) is 11.7. The summed E-state index contributed by atoms with van der Waals surface area (Å²) in [4.78, 5) is 6.09. The number of benzene rings is 1. The predicted octanol–water partition coefficient (Wildman–Crippen LogP) is 4.84. The molecule has 0 saturated heterocycles. The second kappa shape index (κ2) is 6.04. The lowest BCUT2D eigenvalue weighted by atomic mass is 10.0. The van der Waals surface area contributed by atoms with Gasteiger partial charge in [-0.05, 0) is 29.5 Å². The Labute approximate surface area is 127 Å². The number of nitrogens with one attached hydrogen (secondary N) is 1. The Morgan fingerprint density at radius 1 is 1.15 bits per heavy atom. The van der Waals surface area contributed by atoms with Gasteiger partial charge in [0.1, 0.15) is 5.01 Å². The van der Waals surface area contributed by atoms with Crippen LogP contribution in [-0.4, -0.2) is 4.98 Å². The first-order chi connectivity index (χ1) is 9.74. The Hall–Kier alpha value is -1.23. The van der Waals surface area contributed by atoms with Crippen LogP contribution in [-0.2, 0) is 6.54 Å². The van der Waals surface area contributed by atoms with E-state index in [2.05, 4.69) is 59.9 Å². The molecular weight excluding hydrogens is 284 g/mol. The van der Waals surface area contributed by atoms with Gasteiger partial charge in [-0.25, -0.2) is 4.98 Å². The maximum Gasteiger partial charge on any atom is 0.108 e. The van der Waals surface area contributed by atoms with Crippen LogP contribution in [0.3, 0.4) is 0 Å². The molecule has 2 nitrogen and oxygen atoms in total. The summed E-state index contributed by atoms with van der Waals surface area (Å²) in [6, 6.07) is 13.1. The smallest absolute Gasteiger partial charge is 0.108 e. The average Bonchev–Trinajstić information content (AvgIpc) is 3.06. The quantitative estimate of drug-likeness (QED) is 0.729. The van der Waals surface area contributed by atoms with Crippen LogP contribution in [0.1, 0.15) is 29.8 Å². The molecule has 0 bridgehead atoms. The standard InChI is InChI=1S/C16H18N2S2/c1-11(2)16(14-8-5-9-19-14)17-10-15-18-12-6-3-4-7-13(12)20-15/h3-9,11,16-17H,10H2,1-2H3. The Balaban J connectivity index is 1.74. The molecule has 3 rings (SSSR count). The number of thiophene rings is 1. The summed E-state index contributed by atoms with van der Waals surface area (Å²) in [7, 11) is 0. The van der Waals surface area contributed by atoms with Gasteiger partial charge in [-0.15, -0.1) is 22.7 Å². The average molecular weight is 302 g/mol. The molecule has 3 aromatic rings. The summed E-state index contributed by atoms with van der Waals surface area (Å²) >= 11 is 3.60. The van der Waals surface area contributed by atoms with Crippen LogP contribution < -0.4 is 5.32 Å². The first-order valence-electron chi connectivity index (χ1n) is 6.85. The summed E-state index contributed by atoms with van der Waals surface area (Å²) in [5.74, 6) is 0.572. The fourth-order valence-corrected chi connectivity index (χ4v) is 4.22. The molecule has 1 N–H and O–H groups in total. The van der Waals surface area contributed by atoms with Crippen LogP contribution in [0.2, 0.25) is 0 Å². The van der Waals surface area contributed by atoms with E-state index in [1.54, 1.807) is 11.3 Å². The van der Waals surface area contributed by atoms with Crippen LogP contribution in [0.4, 0.5) is 0 Å². The maximum atomic E-state index is 4.68. The molecule has 104 valence electrons. The highest BCUT2D eigenvalue weighted by Gasteiger charge is 2.16. The van der Waals surface area contributed by atoms with Gasteiger partial charge in [0.25, 0.3) is 0 Å². The number of hydrogen-bond acceptors (Lipinski definition) is 4. The maximum absolute atomic E-state index is 4.68. The molecule has 1 unspecified atom stereocenters. The van der Waals surface area contributed by atoms with E-state index in [0.717, 1.165) is 17.1 Å². The van der Waals surface area contributed by atoms with Crippen molar-refractivity contribution in [1.29, 1.82) is 0 Å². The lowest BCUT2D eigenvalue weighted by Crippen LogP contribution is -2.24. The van der Waals surface area contributed by atoms with E-state index in [1.165, 1.54) is 9.58 Å². The zero-order valence-corrected chi connectivity index (χ0v) is 13.3. The van der Waals surface area contributed by atoms with Crippen LogP contribution in [0, 0.1) is 5.92 Å². The normalized spacial score (nSPS) is 13.2. The van der Waals surface area contributed by atoms with Crippen molar-refractivity contribution in [2.24, 2.45) is 5.92 Å². The Morgan fingerprint density at radius 3 is 2.70 bits per heavy atom. The first kappa shape index (κ1) is 13.7. The SMILES string of the molecule is CC(C)C(NCc1nc2ccccc2s1)c1cccs1. The van der Waals surface area contributed by atoms with Crippen LogP contribution in [0.5, 0.6) is 0 Å². The van der Waals surface area contributed by atoms with Crippen molar-refractivity contribution < 1.29 is 0 Å². The molecule has 2 aromatic heterocycles. The summed E-state index contributed by atoms with van der Waals surface area (Å²) in [5, 5.41) is 6.96. The van der Waals surface area contributed by atoms with Gasteiger partial charge < -0.3 is 5.32 Å². The molecule has 20 heavy (non-hydrogen) atoms. The van der Waals surface area contributed by atoms with Crippen LogP contribution >= 0.6 is 22.7 Å². The fraction of sp³-hybridized carbons (Fsp3) is 0.312. The summed E-state index contributed by atoms with van der Waals surface area (Å²) in [5.41, 5.74) is 1.10. The number of hydrogen-bond donors (Lipinski definition) is 1. The predicted molar refractivity (Wildman–Crippen MR) is 88.4 cm³/mol.